The maximum atomic E-state index is 13.1. The Labute approximate surface area is 197 Å². The first-order valence-electron chi connectivity index (χ1n) is 10.9. The molecular weight excluding hydrogens is 434 g/mol. The van der Waals surface area contributed by atoms with Gasteiger partial charge in [0.2, 0.25) is 5.91 Å². The summed E-state index contributed by atoms with van der Waals surface area (Å²) in [7, 11) is 1.57. The number of carbonyl (C=O) groups excluding carboxylic acids is 2. The fourth-order valence-corrected chi connectivity index (χ4v) is 5.33. The monoisotopic (exact) mass is 459 g/mol. The first kappa shape index (κ1) is 22.6. The van der Waals surface area contributed by atoms with E-state index in [4.69, 9.17) is 4.74 Å². The third kappa shape index (κ3) is 5.24. The van der Waals surface area contributed by atoms with Crippen LogP contribution in [0.3, 0.4) is 0 Å². The molecule has 1 aromatic heterocycles. The third-order valence-corrected chi connectivity index (χ3v) is 6.97. The Morgan fingerprint density at radius 1 is 1.12 bits per heavy atom. The van der Waals surface area contributed by atoms with Gasteiger partial charge in [0.1, 0.15) is 16.8 Å². The third-order valence-electron chi connectivity index (χ3n) is 5.76. The zero-order valence-electron chi connectivity index (χ0n) is 18.4. The van der Waals surface area contributed by atoms with Crippen molar-refractivity contribution in [3.63, 3.8) is 0 Å². The Morgan fingerprint density at radius 3 is 2.67 bits per heavy atom. The first-order chi connectivity index (χ1) is 16.1. The van der Waals surface area contributed by atoms with Crippen molar-refractivity contribution in [1.29, 1.82) is 5.26 Å². The van der Waals surface area contributed by atoms with Gasteiger partial charge in [-0.3, -0.25) is 9.59 Å². The lowest BCUT2D eigenvalue weighted by Crippen LogP contribution is -2.31. The number of nitrogens with one attached hydrogen (secondary N) is 2. The maximum Gasteiger partial charge on any atom is 0.251 e. The molecule has 2 aromatic carbocycles. The summed E-state index contributed by atoms with van der Waals surface area (Å²) in [5, 5.41) is 16.2. The predicted octanol–water partition coefficient (Wildman–Crippen LogP) is 5.01. The Bertz CT molecular complexity index is 1200. The molecule has 0 radical (unpaired) electrons. The number of aryl methyl sites for hydroxylation is 1. The fraction of sp³-hybridized carbons (Fsp3) is 0.269. The van der Waals surface area contributed by atoms with Crippen molar-refractivity contribution in [2.75, 3.05) is 12.4 Å². The number of nitriles is 1. The molecule has 2 N–H and O–H groups in total. The fourth-order valence-electron chi connectivity index (χ4n) is 4.08. The summed E-state index contributed by atoms with van der Waals surface area (Å²) in [5.41, 5.74) is 2.93. The summed E-state index contributed by atoms with van der Waals surface area (Å²) in [6, 6.07) is 17.9. The topological polar surface area (TPSA) is 91.2 Å². The molecule has 1 heterocycles. The van der Waals surface area contributed by atoms with Crippen LogP contribution in [0.2, 0.25) is 0 Å². The summed E-state index contributed by atoms with van der Waals surface area (Å²) in [5.74, 6) is 0.122. The highest BCUT2D eigenvalue weighted by Gasteiger charge is 2.24. The van der Waals surface area contributed by atoms with E-state index < -0.39 is 6.04 Å². The van der Waals surface area contributed by atoms with Gasteiger partial charge in [0.25, 0.3) is 5.91 Å². The van der Waals surface area contributed by atoms with Gasteiger partial charge < -0.3 is 15.4 Å². The van der Waals surface area contributed by atoms with Gasteiger partial charge in [-0.2, -0.15) is 5.26 Å². The van der Waals surface area contributed by atoms with Crippen LogP contribution in [-0.2, 0) is 17.6 Å². The van der Waals surface area contributed by atoms with Crippen molar-refractivity contribution in [3.05, 3.63) is 81.7 Å². The SMILES string of the molecule is COc1cccc(C(CC(=O)Nc2sc3c(c2C#N)CCCC3)NC(=O)c2ccccc2)c1. The summed E-state index contributed by atoms with van der Waals surface area (Å²) >= 11 is 1.49. The molecule has 0 spiro atoms. The minimum Gasteiger partial charge on any atom is -0.497 e. The summed E-state index contributed by atoms with van der Waals surface area (Å²) in [6.45, 7) is 0. The van der Waals surface area contributed by atoms with Crippen LogP contribution in [-0.4, -0.2) is 18.9 Å². The van der Waals surface area contributed by atoms with Gasteiger partial charge in [-0.1, -0.05) is 30.3 Å². The van der Waals surface area contributed by atoms with Gasteiger partial charge in [0.15, 0.2) is 0 Å². The second kappa shape index (κ2) is 10.3. The molecule has 1 aliphatic rings. The van der Waals surface area contributed by atoms with E-state index in [9.17, 15) is 14.9 Å². The van der Waals surface area contributed by atoms with Crippen LogP contribution in [0.25, 0.3) is 0 Å². The number of methoxy groups -OCH3 is 1. The zero-order valence-corrected chi connectivity index (χ0v) is 19.2. The number of fused-ring (bicyclic) bond motifs is 1. The molecule has 4 rings (SSSR count). The van der Waals surface area contributed by atoms with E-state index in [1.165, 1.54) is 16.2 Å². The molecule has 0 bridgehead atoms. The average molecular weight is 460 g/mol. The first-order valence-corrected chi connectivity index (χ1v) is 11.7. The standard InChI is InChI=1S/C26H25N3O3S/c1-32-19-11-7-10-18(14-19)22(28-25(31)17-8-3-2-4-9-17)15-24(30)29-26-21(16-27)20-12-5-6-13-23(20)33-26/h2-4,7-11,14,22H,5-6,12-13,15H2,1H3,(H,28,31)(H,29,30). The van der Waals surface area contributed by atoms with Crippen LogP contribution in [0.5, 0.6) is 5.75 Å². The molecule has 0 saturated heterocycles. The quantitative estimate of drug-likeness (QED) is 0.520. The Hall–Kier alpha value is -3.63. The van der Waals surface area contributed by atoms with Crippen LogP contribution in [0.1, 0.15) is 57.2 Å². The number of anilines is 1. The smallest absolute Gasteiger partial charge is 0.251 e. The van der Waals surface area contributed by atoms with E-state index in [1.54, 1.807) is 31.4 Å². The summed E-state index contributed by atoms with van der Waals surface area (Å²) in [6.07, 6.45) is 4.03. The molecular formula is C26H25N3O3S. The Morgan fingerprint density at radius 2 is 1.91 bits per heavy atom. The Balaban J connectivity index is 1.56. The molecule has 2 amide bonds. The van der Waals surface area contributed by atoms with Crippen molar-refractivity contribution < 1.29 is 14.3 Å². The van der Waals surface area contributed by atoms with E-state index in [1.807, 2.05) is 30.3 Å². The minimum absolute atomic E-state index is 0.0270. The average Bonchev–Trinajstić information content (AvgIpc) is 3.20. The minimum atomic E-state index is -0.562. The second-order valence-electron chi connectivity index (χ2n) is 7.95. The van der Waals surface area contributed by atoms with Crippen molar-refractivity contribution in [2.24, 2.45) is 0 Å². The van der Waals surface area contributed by atoms with Crippen LogP contribution in [0.15, 0.2) is 54.6 Å². The number of hydrogen-bond donors (Lipinski definition) is 2. The van der Waals surface area contributed by atoms with Crippen LogP contribution < -0.4 is 15.4 Å². The zero-order chi connectivity index (χ0) is 23.2. The van der Waals surface area contributed by atoms with Gasteiger partial charge in [0.05, 0.1) is 25.1 Å². The summed E-state index contributed by atoms with van der Waals surface area (Å²) in [4.78, 5) is 27.1. The van der Waals surface area contributed by atoms with Crippen LogP contribution in [0, 0.1) is 11.3 Å². The molecule has 1 aliphatic carbocycles. The largest absolute Gasteiger partial charge is 0.497 e. The number of thiophene rings is 1. The summed E-state index contributed by atoms with van der Waals surface area (Å²) < 4.78 is 5.32. The second-order valence-corrected chi connectivity index (χ2v) is 9.05. The molecule has 0 aliphatic heterocycles. The highest BCUT2D eigenvalue weighted by molar-refractivity contribution is 7.16. The molecule has 0 saturated carbocycles. The molecule has 1 atom stereocenters. The molecule has 1 unspecified atom stereocenters. The molecule has 168 valence electrons. The van der Waals surface area contributed by atoms with E-state index in [2.05, 4.69) is 16.7 Å². The number of rotatable bonds is 7. The van der Waals surface area contributed by atoms with E-state index in [0.717, 1.165) is 36.8 Å². The normalized spacial score (nSPS) is 13.3. The van der Waals surface area contributed by atoms with Crippen molar-refractivity contribution in [2.45, 2.75) is 38.1 Å². The van der Waals surface area contributed by atoms with E-state index in [0.29, 0.717) is 21.9 Å². The highest BCUT2D eigenvalue weighted by Crippen LogP contribution is 2.38. The predicted molar refractivity (Wildman–Crippen MR) is 129 cm³/mol. The van der Waals surface area contributed by atoms with Gasteiger partial charge in [-0.25, -0.2) is 0 Å². The van der Waals surface area contributed by atoms with Crippen molar-refractivity contribution >= 4 is 28.2 Å². The number of nitrogens with zero attached hydrogens (tertiary/aromatic N) is 1. The van der Waals surface area contributed by atoms with E-state index >= 15 is 0 Å². The highest BCUT2D eigenvalue weighted by atomic mass is 32.1. The molecule has 0 fully saturated rings. The van der Waals surface area contributed by atoms with Crippen molar-refractivity contribution in [1.82, 2.24) is 5.32 Å². The molecule has 6 nitrogen and oxygen atoms in total. The van der Waals surface area contributed by atoms with Gasteiger partial charge in [-0.15, -0.1) is 11.3 Å². The van der Waals surface area contributed by atoms with Crippen molar-refractivity contribution in [3.8, 4) is 11.8 Å². The van der Waals surface area contributed by atoms with Crippen LogP contribution >= 0.6 is 11.3 Å². The number of carbonyl (C=O) groups is 2. The van der Waals surface area contributed by atoms with Gasteiger partial charge in [0, 0.05) is 10.4 Å². The molecule has 7 heteroatoms. The lowest BCUT2D eigenvalue weighted by molar-refractivity contribution is -0.116. The van der Waals surface area contributed by atoms with Gasteiger partial charge >= 0.3 is 0 Å². The number of ether oxygens (including phenoxy) is 1. The molecule has 3 aromatic rings. The van der Waals surface area contributed by atoms with Crippen LogP contribution in [0.4, 0.5) is 5.00 Å². The maximum absolute atomic E-state index is 13.1. The van der Waals surface area contributed by atoms with E-state index in [-0.39, 0.29) is 18.2 Å². The van der Waals surface area contributed by atoms with Gasteiger partial charge in [-0.05, 0) is 61.1 Å². The lowest BCUT2D eigenvalue weighted by atomic mass is 9.96. The Kier molecular flexibility index (Phi) is 7.06. The molecule has 33 heavy (non-hydrogen) atoms. The lowest BCUT2D eigenvalue weighted by Gasteiger charge is -2.19. The number of benzene rings is 2. The number of amides is 2. The number of hydrogen-bond acceptors (Lipinski definition) is 5.